The van der Waals surface area contributed by atoms with Crippen LogP contribution in [-0.2, 0) is 0 Å². The molecule has 0 aromatic carbocycles. The van der Waals surface area contributed by atoms with Crippen LogP contribution in [0.3, 0.4) is 0 Å². The molecule has 1 aromatic heterocycles. The maximum atomic E-state index is 4.56. The lowest BCUT2D eigenvalue weighted by atomic mass is 9.84. The molecule has 1 atom stereocenters. The Bertz CT molecular complexity index is 591. The summed E-state index contributed by atoms with van der Waals surface area (Å²) in [5, 5.41) is 0. The van der Waals surface area contributed by atoms with Crippen LogP contribution >= 0.6 is 0 Å². The SMILES string of the molecule is CCC(C)C1CCN(c2ncc(C#CCN(C)CCCC(C)C)cn2)CC1. The number of anilines is 1. The Labute approximate surface area is 166 Å². The third kappa shape index (κ3) is 7.50. The number of aromatic nitrogens is 2. The van der Waals surface area contributed by atoms with Crippen LogP contribution in [0.2, 0.25) is 0 Å². The van der Waals surface area contributed by atoms with Gasteiger partial charge in [-0.2, -0.15) is 0 Å². The minimum atomic E-state index is 0.779. The molecule has 1 fully saturated rings. The summed E-state index contributed by atoms with van der Waals surface area (Å²) in [7, 11) is 2.14. The van der Waals surface area contributed by atoms with Crippen molar-refractivity contribution in [3.05, 3.63) is 18.0 Å². The summed E-state index contributed by atoms with van der Waals surface area (Å²) in [5.41, 5.74) is 0.906. The lowest BCUT2D eigenvalue weighted by Crippen LogP contribution is -2.36. The highest BCUT2D eigenvalue weighted by atomic mass is 15.2. The Balaban J connectivity index is 1.77. The predicted octanol–water partition coefficient (Wildman–Crippen LogP) is 4.46. The van der Waals surface area contributed by atoms with Gasteiger partial charge in [0.05, 0.1) is 12.1 Å². The van der Waals surface area contributed by atoms with Gasteiger partial charge >= 0.3 is 0 Å². The van der Waals surface area contributed by atoms with E-state index >= 15 is 0 Å². The van der Waals surface area contributed by atoms with Gasteiger partial charge in [-0.25, -0.2) is 9.97 Å². The van der Waals surface area contributed by atoms with Crippen LogP contribution in [0, 0.1) is 29.6 Å². The van der Waals surface area contributed by atoms with Crippen LogP contribution in [0.25, 0.3) is 0 Å². The topological polar surface area (TPSA) is 32.3 Å². The van der Waals surface area contributed by atoms with E-state index in [1.54, 1.807) is 0 Å². The minimum absolute atomic E-state index is 0.779. The third-order valence-corrected chi connectivity index (χ3v) is 5.81. The number of nitrogens with zero attached hydrogens (tertiary/aromatic N) is 4. The summed E-state index contributed by atoms with van der Waals surface area (Å²) in [5.74, 6) is 9.76. The second kappa shape index (κ2) is 11.3. The second-order valence-corrected chi connectivity index (χ2v) is 8.56. The van der Waals surface area contributed by atoms with E-state index < -0.39 is 0 Å². The number of hydrogen-bond acceptors (Lipinski definition) is 4. The maximum Gasteiger partial charge on any atom is 0.225 e. The highest BCUT2D eigenvalue weighted by Crippen LogP contribution is 2.28. The monoisotopic (exact) mass is 370 g/mol. The number of rotatable bonds is 8. The Kier molecular flexibility index (Phi) is 9.07. The van der Waals surface area contributed by atoms with E-state index in [9.17, 15) is 0 Å². The van der Waals surface area contributed by atoms with Gasteiger partial charge in [0.1, 0.15) is 0 Å². The molecule has 0 aliphatic carbocycles. The second-order valence-electron chi connectivity index (χ2n) is 8.56. The Morgan fingerprint density at radius 1 is 1.19 bits per heavy atom. The first-order valence-corrected chi connectivity index (χ1v) is 10.7. The molecule has 2 heterocycles. The van der Waals surface area contributed by atoms with Crippen LogP contribution in [-0.4, -0.2) is 48.1 Å². The number of piperidine rings is 1. The lowest BCUT2D eigenvalue weighted by Gasteiger charge is -2.34. The van der Waals surface area contributed by atoms with Crippen molar-refractivity contribution in [1.82, 2.24) is 14.9 Å². The van der Waals surface area contributed by atoms with Crippen molar-refractivity contribution in [2.24, 2.45) is 17.8 Å². The van der Waals surface area contributed by atoms with Crippen molar-refractivity contribution in [3.63, 3.8) is 0 Å². The van der Waals surface area contributed by atoms with E-state index in [1.807, 2.05) is 12.4 Å². The molecule has 150 valence electrons. The zero-order valence-corrected chi connectivity index (χ0v) is 18.0. The molecule has 27 heavy (non-hydrogen) atoms. The average molecular weight is 371 g/mol. The summed E-state index contributed by atoms with van der Waals surface area (Å²) in [6.45, 7) is 13.3. The molecule has 1 aliphatic rings. The molecule has 0 amide bonds. The first kappa shape index (κ1) is 21.7. The van der Waals surface area contributed by atoms with E-state index in [-0.39, 0.29) is 0 Å². The normalized spacial score (nSPS) is 16.5. The fourth-order valence-corrected chi connectivity index (χ4v) is 3.68. The fourth-order valence-electron chi connectivity index (χ4n) is 3.68. The smallest absolute Gasteiger partial charge is 0.225 e. The molecule has 1 unspecified atom stereocenters. The van der Waals surface area contributed by atoms with Gasteiger partial charge in [0.15, 0.2) is 0 Å². The minimum Gasteiger partial charge on any atom is -0.341 e. The zero-order chi connectivity index (χ0) is 19.6. The highest BCUT2D eigenvalue weighted by molar-refractivity contribution is 5.36. The summed E-state index contributed by atoms with van der Waals surface area (Å²) >= 11 is 0. The van der Waals surface area contributed by atoms with Gasteiger partial charge in [0, 0.05) is 25.5 Å². The molecule has 4 nitrogen and oxygen atoms in total. The van der Waals surface area contributed by atoms with Crippen molar-refractivity contribution >= 4 is 5.95 Å². The van der Waals surface area contributed by atoms with Crippen LogP contribution in [0.1, 0.15) is 65.4 Å². The van der Waals surface area contributed by atoms with Gasteiger partial charge in [-0.1, -0.05) is 46.0 Å². The van der Waals surface area contributed by atoms with E-state index in [1.165, 1.54) is 32.1 Å². The van der Waals surface area contributed by atoms with Gasteiger partial charge in [0.25, 0.3) is 0 Å². The quantitative estimate of drug-likeness (QED) is 0.633. The molecule has 1 aliphatic heterocycles. The van der Waals surface area contributed by atoms with E-state index in [2.05, 4.69) is 66.4 Å². The van der Waals surface area contributed by atoms with Gasteiger partial charge in [-0.3, -0.25) is 4.90 Å². The van der Waals surface area contributed by atoms with Gasteiger partial charge in [-0.05, 0) is 57.0 Å². The molecule has 0 spiro atoms. The molecular weight excluding hydrogens is 332 g/mol. The van der Waals surface area contributed by atoms with E-state index in [0.29, 0.717) is 0 Å². The summed E-state index contributed by atoms with van der Waals surface area (Å²) in [6.07, 6.45) is 10.0. The fraction of sp³-hybridized carbons (Fsp3) is 0.739. The van der Waals surface area contributed by atoms with Crippen molar-refractivity contribution < 1.29 is 0 Å². The van der Waals surface area contributed by atoms with Crippen molar-refractivity contribution in [3.8, 4) is 11.8 Å². The predicted molar refractivity (Wildman–Crippen MR) is 115 cm³/mol. The Morgan fingerprint density at radius 2 is 1.85 bits per heavy atom. The van der Waals surface area contributed by atoms with E-state index in [0.717, 1.165) is 55.4 Å². The molecular formula is C23H38N4. The van der Waals surface area contributed by atoms with Crippen LogP contribution in [0.4, 0.5) is 5.95 Å². The van der Waals surface area contributed by atoms with Crippen molar-refractivity contribution in [1.29, 1.82) is 0 Å². The molecule has 0 saturated carbocycles. The molecule has 0 radical (unpaired) electrons. The summed E-state index contributed by atoms with van der Waals surface area (Å²) in [4.78, 5) is 13.7. The molecule has 4 heteroatoms. The molecule has 1 saturated heterocycles. The largest absolute Gasteiger partial charge is 0.341 e. The lowest BCUT2D eigenvalue weighted by molar-refractivity contribution is 0.285. The maximum absolute atomic E-state index is 4.56. The van der Waals surface area contributed by atoms with E-state index in [4.69, 9.17) is 0 Å². The van der Waals surface area contributed by atoms with Crippen LogP contribution < -0.4 is 4.90 Å². The van der Waals surface area contributed by atoms with Crippen molar-refractivity contribution in [2.75, 3.05) is 38.1 Å². The standard InChI is InChI=1S/C23H38N4/c1-6-20(4)22-11-15-27(16-12-22)23-24-17-21(18-25-23)10-8-14-26(5)13-7-9-19(2)3/h17-20,22H,6-7,9,11-16H2,1-5H3. The first-order valence-electron chi connectivity index (χ1n) is 10.7. The van der Waals surface area contributed by atoms with Gasteiger partial charge < -0.3 is 4.90 Å². The van der Waals surface area contributed by atoms with Gasteiger partial charge in [-0.15, -0.1) is 0 Å². The van der Waals surface area contributed by atoms with Crippen molar-refractivity contribution in [2.45, 2.75) is 59.8 Å². The molecule has 2 rings (SSSR count). The molecule has 0 N–H and O–H groups in total. The average Bonchev–Trinajstić information content (AvgIpc) is 2.68. The molecule has 1 aromatic rings. The first-order chi connectivity index (χ1) is 13.0. The Hall–Kier alpha value is -1.60. The van der Waals surface area contributed by atoms with Gasteiger partial charge in [0.2, 0.25) is 5.95 Å². The van der Waals surface area contributed by atoms with Crippen LogP contribution in [0.15, 0.2) is 12.4 Å². The van der Waals surface area contributed by atoms with Crippen LogP contribution in [0.5, 0.6) is 0 Å². The zero-order valence-electron chi connectivity index (χ0n) is 18.0. The molecule has 0 bridgehead atoms. The summed E-state index contributed by atoms with van der Waals surface area (Å²) < 4.78 is 0. The third-order valence-electron chi connectivity index (χ3n) is 5.81. The number of hydrogen-bond donors (Lipinski definition) is 0. The highest BCUT2D eigenvalue weighted by Gasteiger charge is 2.24. The summed E-state index contributed by atoms with van der Waals surface area (Å²) in [6, 6.07) is 0. The Morgan fingerprint density at radius 3 is 2.44 bits per heavy atom.